The number of aliphatic hydroxyl groups excluding tert-OH is 1. The number of aliphatic carboxylic acids is 1. The van der Waals surface area contributed by atoms with Crippen molar-refractivity contribution >= 4 is 11.9 Å². The Balaban J connectivity index is 1.91. The van der Waals surface area contributed by atoms with Crippen LogP contribution in [0, 0.1) is 0 Å². The van der Waals surface area contributed by atoms with Crippen molar-refractivity contribution in [1.29, 1.82) is 0 Å². The van der Waals surface area contributed by atoms with Crippen molar-refractivity contribution in [3.8, 4) is 0 Å². The van der Waals surface area contributed by atoms with Gasteiger partial charge >= 0.3 is 5.97 Å². The van der Waals surface area contributed by atoms with E-state index < -0.39 is 24.1 Å². The molecule has 0 aliphatic heterocycles. The topological polar surface area (TPSA) is 105 Å². The summed E-state index contributed by atoms with van der Waals surface area (Å²) in [5.41, 5.74) is 3.68. The van der Waals surface area contributed by atoms with Crippen LogP contribution >= 0.6 is 0 Å². The molecule has 25 heavy (non-hydrogen) atoms. The zero-order valence-corrected chi connectivity index (χ0v) is 13.4. The van der Waals surface area contributed by atoms with Crippen LogP contribution in [-0.2, 0) is 32.4 Å². The van der Waals surface area contributed by atoms with E-state index in [0.717, 1.165) is 11.1 Å². The summed E-state index contributed by atoms with van der Waals surface area (Å²) in [6.45, 7) is 0.0725. The van der Waals surface area contributed by atoms with E-state index in [0.29, 0.717) is 0 Å². The highest BCUT2D eigenvalue weighted by Crippen LogP contribution is 2.08. The van der Waals surface area contributed by atoms with E-state index in [1.165, 1.54) is 0 Å². The average molecular weight is 345 g/mol. The fraction of sp³-hybridized carbons (Fsp3) is 0.222. The smallest absolute Gasteiger partial charge is 0.335 e. The maximum absolute atomic E-state index is 12.1. The molecule has 2 aromatic carbocycles. The first-order valence-corrected chi connectivity index (χ1v) is 7.60. The Kier molecular flexibility index (Phi) is 7.09. The van der Waals surface area contributed by atoms with Gasteiger partial charge in [0.1, 0.15) is 0 Å². The number of amides is 1. The van der Waals surface area contributed by atoms with Crippen molar-refractivity contribution in [2.75, 3.05) is 0 Å². The Morgan fingerprint density at radius 2 is 1.44 bits per heavy atom. The Bertz CT molecular complexity index is 676. The lowest BCUT2D eigenvalue weighted by atomic mass is 10.2. The molecule has 0 aliphatic carbocycles. The Morgan fingerprint density at radius 1 is 0.920 bits per heavy atom. The highest BCUT2D eigenvalue weighted by atomic mass is 16.7. The van der Waals surface area contributed by atoms with Crippen LogP contribution in [-0.4, -0.2) is 34.3 Å². The molecule has 0 aliphatic rings. The molecule has 7 heteroatoms. The predicted octanol–water partition coefficient (Wildman–Crippen LogP) is 1.27. The van der Waals surface area contributed by atoms with Gasteiger partial charge in [0, 0.05) is 0 Å². The van der Waals surface area contributed by atoms with Crippen molar-refractivity contribution in [3.63, 3.8) is 0 Å². The van der Waals surface area contributed by atoms with Gasteiger partial charge in [-0.1, -0.05) is 60.7 Å². The lowest BCUT2D eigenvalue weighted by Gasteiger charge is -2.20. The van der Waals surface area contributed by atoms with Crippen molar-refractivity contribution in [1.82, 2.24) is 5.48 Å². The SMILES string of the molecule is O=C(NOCc1ccccc1)C(OCc1ccccc1)[C@@H](O)C(=O)O. The minimum atomic E-state index is -2.01. The standard InChI is InChI=1S/C18H19NO6/c20-15(18(22)23)16(24-11-13-7-3-1-4-8-13)17(21)19-25-12-14-9-5-2-6-10-14/h1-10,15-16,20H,11-12H2,(H,19,21)(H,22,23)/t15-,16?/m1/s1. The monoisotopic (exact) mass is 345 g/mol. The highest BCUT2D eigenvalue weighted by Gasteiger charge is 2.33. The first-order valence-electron chi connectivity index (χ1n) is 7.60. The first kappa shape index (κ1) is 18.6. The Labute approximate surface area is 144 Å². The van der Waals surface area contributed by atoms with Crippen LogP contribution < -0.4 is 5.48 Å². The summed E-state index contributed by atoms with van der Waals surface area (Å²) >= 11 is 0. The lowest BCUT2D eigenvalue weighted by Crippen LogP contribution is -2.47. The van der Waals surface area contributed by atoms with Crippen molar-refractivity contribution in [2.24, 2.45) is 0 Å². The predicted molar refractivity (Wildman–Crippen MR) is 88.0 cm³/mol. The van der Waals surface area contributed by atoms with Crippen LogP contribution in [0.4, 0.5) is 0 Å². The third-order valence-electron chi connectivity index (χ3n) is 3.33. The number of carboxylic acids is 1. The Hall–Kier alpha value is -2.74. The maximum Gasteiger partial charge on any atom is 0.335 e. The van der Waals surface area contributed by atoms with Gasteiger partial charge in [-0.15, -0.1) is 0 Å². The van der Waals surface area contributed by atoms with Gasteiger partial charge in [0.05, 0.1) is 13.2 Å². The quantitative estimate of drug-likeness (QED) is 0.591. The number of nitrogens with one attached hydrogen (secondary N) is 1. The fourth-order valence-electron chi connectivity index (χ4n) is 2.02. The molecule has 0 bridgehead atoms. The number of hydrogen-bond donors (Lipinski definition) is 3. The molecule has 3 N–H and O–H groups in total. The molecule has 7 nitrogen and oxygen atoms in total. The molecule has 1 unspecified atom stereocenters. The van der Waals surface area contributed by atoms with E-state index in [4.69, 9.17) is 14.7 Å². The number of carboxylic acid groups (broad SMARTS) is 1. The number of carbonyl (C=O) groups is 2. The van der Waals surface area contributed by atoms with Gasteiger partial charge < -0.3 is 14.9 Å². The molecule has 0 heterocycles. The van der Waals surface area contributed by atoms with Crippen LogP contribution in [0.15, 0.2) is 60.7 Å². The molecular formula is C18H19NO6. The second-order valence-corrected chi connectivity index (χ2v) is 5.24. The molecule has 2 rings (SSSR count). The maximum atomic E-state index is 12.1. The normalized spacial score (nSPS) is 13.0. The third kappa shape index (κ3) is 6.00. The summed E-state index contributed by atoms with van der Waals surface area (Å²) < 4.78 is 5.29. The summed E-state index contributed by atoms with van der Waals surface area (Å²) in [5.74, 6) is -2.43. The molecule has 0 fully saturated rings. The van der Waals surface area contributed by atoms with E-state index in [2.05, 4.69) is 5.48 Å². The zero-order valence-electron chi connectivity index (χ0n) is 13.4. The van der Waals surface area contributed by atoms with Gasteiger partial charge in [0.25, 0.3) is 5.91 Å². The van der Waals surface area contributed by atoms with Crippen LogP contribution in [0.2, 0.25) is 0 Å². The van der Waals surface area contributed by atoms with E-state index in [-0.39, 0.29) is 13.2 Å². The first-order chi connectivity index (χ1) is 12.1. The molecule has 0 spiro atoms. The minimum absolute atomic E-state index is 0.0258. The van der Waals surface area contributed by atoms with Gasteiger partial charge in [-0.2, -0.15) is 0 Å². The summed E-state index contributed by atoms with van der Waals surface area (Å²) in [4.78, 5) is 28.2. The second-order valence-electron chi connectivity index (χ2n) is 5.24. The van der Waals surface area contributed by atoms with Gasteiger partial charge in [0.15, 0.2) is 12.2 Å². The molecule has 1 amide bonds. The molecular weight excluding hydrogens is 326 g/mol. The largest absolute Gasteiger partial charge is 0.479 e. The number of ether oxygens (including phenoxy) is 1. The van der Waals surface area contributed by atoms with Crippen molar-refractivity contribution < 1.29 is 29.4 Å². The van der Waals surface area contributed by atoms with Crippen molar-refractivity contribution in [3.05, 3.63) is 71.8 Å². The van der Waals surface area contributed by atoms with Crippen LogP contribution in [0.25, 0.3) is 0 Å². The molecule has 0 saturated carbocycles. The van der Waals surface area contributed by atoms with E-state index in [9.17, 15) is 14.7 Å². The fourth-order valence-corrected chi connectivity index (χ4v) is 2.02. The second kappa shape index (κ2) is 9.53. The average Bonchev–Trinajstić information content (AvgIpc) is 2.63. The third-order valence-corrected chi connectivity index (χ3v) is 3.33. The minimum Gasteiger partial charge on any atom is -0.479 e. The Morgan fingerprint density at radius 3 is 1.96 bits per heavy atom. The number of hydroxylamine groups is 1. The van der Waals surface area contributed by atoms with Gasteiger partial charge in [-0.25, -0.2) is 10.3 Å². The lowest BCUT2D eigenvalue weighted by molar-refractivity contribution is -0.169. The summed E-state index contributed by atoms with van der Waals surface area (Å²) in [6.07, 6.45) is -3.61. The van der Waals surface area contributed by atoms with E-state index >= 15 is 0 Å². The van der Waals surface area contributed by atoms with E-state index in [1.807, 2.05) is 36.4 Å². The highest BCUT2D eigenvalue weighted by molar-refractivity contribution is 5.87. The zero-order chi connectivity index (χ0) is 18.1. The molecule has 2 aromatic rings. The molecule has 2 atom stereocenters. The molecule has 132 valence electrons. The number of aliphatic hydroxyl groups is 1. The molecule has 0 aromatic heterocycles. The van der Waals surface area contributed by atoms with Crippen LogP contribution in [0.3, 0.4) is 0 Å². The van der Waals surface area contributed by atoms with Gasteiger partial charge in [-0.3, -0.25) is 9.63 Å². The van der Waals surface area contributed by atoms with Crippen LogP contribution in [0.5, 0.6) is 0 Å². The van der Waals surface area contributed by atoms with Gasteiger partial charge in [0.2, 0.25) is 0 Å². The molecule has 0 radical (unpaired) electrons. The number of carbonyl (C=O) groups excluding carboxylic acids is 1. The number of rotatable bonds is 9. The van der Waals surface area contributed by atoms with Crippen molar-refractivity contribution in [2.45, 2.75) is 25.4 Å². The summed E-state index contributed by atoms with van der Waals surface area (Å²) in [5, 5.41) is 18.7. The van der Waals surface area contributed by atoms with Crippen LogP contribution in [0.1, 0.15) is 11.1 Å². The number of hydrogen-bond acceptors (Lipinski definition) is 5. The summed E-state index contributed by atoms with van der Waals surface area (Å²) in [7, 11) is 0. The molecule has 0 saturated heterocycles. The summed E-state index contributed by atoms with van der Waals surface area (Å²) in [6, 6.07) is 18.0. The van der Waals surface area contributed by atoms with Gasteiger partial charge in [-0.05, 0) is 11.1 Å². The van der Waals surface area contributed by atoms with E-state index in [1.54, 1.807) is 24.3 Å². The number of benzene rings is 2.